The fourth-order valence-electron chi connectivity index (χ4n) is 0. The standard InChI is InChI=1S/3Cu.2H3O4P.2H2O/c;;;2*1-5(2,3)4;;/h;;;2*(H3,1,2,3,4);2*1H2/q3*+2;;;;/p-6. The second-order valence-corrected chi connectivity index (χ2v) is 2.68. The first-order valence-electron chi connectivity index (χ1n) is 1.46. The Morgan fingerprint density at radius 1 is 0.533 bits per heavy atom. The molecule has 0 saturated carbocycles. The fraction of sp³-hybridized carbons (Fsp3) is 0. The monoisotopic (exact) mass is 415 g/mol. The van der Waals surface area contributed by atoms with Crippen molar-refractivity contribution in [2.24, 2.45) is 0 Å². The van der Waals surface area contributed by atoms with Crippen LogP contribution in [-0.4, -0.2) is 11.0 Å². The molecule has 0 heterocycles. The van der Waals surface area contributed by atoms with Crippen molar-refractivity contribution < 1.29 is 101 Å². The van der Waals surface area contributed by atoms with Gasteiger partial charge in [-0.1, -0.05) is 0 Å². The van der Waals surface area contributed by atoms with Gasteiger partial charge in [-0.25, -0.2) is 0 Å². The van der Waals surface area contributed by atoms with Gasteiger partial charge in [0.15, 0.2) is 0 Å². The van der Waals surface area contributed by atoms with Crippen LogP contribution in [0.1, 0.15) is 0 Å². The van der Waals surface area contributed by atoms with Crippen LogP contribution in [0.2, 0.25) is 0 Å². The fourth-order valence-corrected chi connectivity index (χ4v) is 0. The van der Waals surface area contributed by atoms with Crippen LogP contribution >= 0.6 is 15.6 Å². The van der Waals surface area contributed by atoms with Gasteiger partial charge in [-0.05, 0) is 0 Å². The van der Waals surface area contributed by atoms with Crippen LogP contribution in [0.3, 0.4) is 0 Å². The van der Waals surface area contributed by atoms with E-state index < -0.39 is 15.6 Å². The first-order chi connectivity index (χ1) is 4.00. The van der Waals surface area contributed by atoms with Crippen LogP contribution in [0, 0.1) is 0 Å². The van der Waals surface area contributed by atoms with Crippen LogP contribution in [0.5, 0.6) is 0 Å². The van der Waals surface area contributed by atoms with Crippen LogP contribution in [0.4, 0.5) is 0 Å². The van der Waals surface area contributed by atoms with Gasteiger partial charge in [0.05, 0.1) is 0 Å². The van der Waals surface area contributed by atoms with Crippen molar-refractivity contribution >= 4 is 15.6 Å². The Kier molecular flexibility index (Phi) is 52.7. The molecule has 0 unspecified atom stereocenters. The van der Waals surface area contributed by atoms with Gasteiger partial charge in [0.1, 0.15) is 0 Å². The van der Waals surface area contributed by atoms with Crippen LogP contribution in [0.25, 0.3) is 0 Å². The van der Waals surface area contributed by atoms with Crippen LogP contribution in [-0.2, 0) is 60.3 Å². The molecule has 0 spiro atoms. The van der Waals surface area contributed by atoms with Gasteiger partial charge in [-0.2, -0.15) is 15.6 Å². The quantitative estimate of drug-likeness (QED) is 0.271. The molecule has 0 aromatic heterocycles. The number of hydrogen-bond acceptors (Lipinski definition) is 8. The maximum atomic E-state index is 8.55. The minimum atomic E-state index is -5.39. The molecule has 15 heavy (non-hydrogen) atoms. The third-order valence-corrected chi connectivity index (χ3v) is 0. The van der Waals surface area contributed by atoms with Crippen LogP contribution < -0.4 is 29.4 Å². The van der Waals surface area contributed by atoms with Gasteiger partial charge in [0.25, 0.3) is 0 Å². The van der Waals surface area contributed by atoms with E-state index in [1.54, 1.807) is 0 Å². The summed E-state index contributed by atoms with van der Waals surface area (Å²) in [5.74, 6) is 0. The van der Waals surface area contributed by atoms with E-state index >= 15 is 0 Å². The van der Waals surface area contributed by atoms with Gasteiger partial charge in [0.2, 0.25) is 0 Å². The minimum absolute atomic E-state index is 0. The summed E-state index contributed by atoms with van der Waals surface area (Å²) in [5, 5.41) is 0. The smallest absolute Gasteiger partial charge is 0.822 e. The van der Waals surface area contributed by atoms with E-state index in [0.717, 1.165) is 0 Å². The first kappa shape index (κ1) is 43.8. The van der Waals surface area contributed by atoms with Crippen molar-refractivity contribution in [1.29, 1.82) is 0 Å². The average Bonchev–Trinajstić information content (AvgIpc) is 1.12. The third kappa shape index (κ3) is 1020. The Labute approximate surface area is 116 Å². The molecule has 0 aliphatic heterocycles. The van der Waals surface area contributed by atoms with Crippen molar-refractivity contribution in [1.82, 2.24) is 0 Å². The number of rotatable bonds is 0. The van der Waals surface area contributed by atoms with Crippen molar-refractivity contribution in [2.75, 3.05) is 0 Å². The van der Waals surface area contributed by atoms with Gasteiger partial charge >= 0.3 is 51.2 Å². The molecule has 0 aliphatic rings. The molecule has 0 aromatic rings. The van der Waals surface area contributed by atoms with E-state index in [1.807, 2.05) is 0 Å². The third-order valence-electron chi connectivity index (χ3n) is 0. The molecule has 0 atom stereocenters. The topological polar surface area (TPSA) is 236 Å². The van der Waals surface area contributed by atoms with E-state index in [0.29, 0.717) is 0 Å². The van der Waals surface area contributed by atoms with Crippen LogP contribution in [0.15, 0.2) is 0 Å². The normalized spacial score (nSPS) is 7.87. The predicted molar refractivity (Wildman–Crippen MR) is 22.4 cm³/mol. The maximum absolute atomic E-state index is 8.55. The SMILES string of the molecule is O.O.O=P([O-])([O-])[O-].O=P([O-])([O-])[O-].[Cu+2].[Cu+2].[Cu+2]. The average molecular weight is 417 g/mol. The Balaban J connectivity index is -0.0000000128. The molecule has 0 bridgehead atoms. The van der Waals surface area contributed by atoms with Crippen molar-refractivity contribution in [3.8, 4) is 0 Å². The van der Waals surface area contributed by atoms with Gasteiger partial charge in [0, 0.05) is 0 Å². The molecule has 0 fully saturated rings. The van der Waals surface area contributed by atoms with E-state index in [4.69, 9.17) is 38.5 Å². The summed E-state index contributed by atoms with van der Waals surface area (Å²) >= 11 is 0. The molecule has 0 aliphatic carbocycles. The Morgan fingerprint density at radius 2 is 0.533 bits per heavy atom. The summed E-state index contributed by atoms with van der Waals surface area (Å²) in [5.41, 5.74) is 0. The van der Waals surface area contributed by atoms with E-state index in [-0.39, 0.29) is 62.2 Å². The van der Waals surface area contributed by atoms with E-state index in [2.05, 4.69) is 0 Å². The van der Waals surface area contributed by atoms with E-state index in [1.165, 1.54) is 0 Å². The van der Waals surface area contributed by atoms with E-state index in [9.17, 15) is 0 Å². The minimum Gasteiger partial charge on any atom is -0.822 e. The summed E-state index contributed by atoms with van der Waals surface area (Å²) in [6.07, 6.45) is 0. The molecule has 3 radical (unpaired) electrons. The Bertz CT molecular complexity index is 131. The van der Waals surface area contributed by atoms with Crippen molar-refractivity contribution in [3.05, 3.63) is 0 Å². The number of phosphoric acid groups is 2. The van der Waals surface area contributed by atoms with Crippen molar-refractivity contribution in [2.45, 2.75) is 0 Å². The van der Waals surface area contributed by atoms with Gasteiger partial charge in [-0.3, -0.25) is 0 Å². The molecule has 15 heteroatoms. The molecule has 0 saturated heterocycles. The van der Waals surface area contributed by atoms with Crippen molar-refractivity contribution in [3.63, 3.8) is 0 Å². The molecule has 4 N–H and O–H groups in total. The molecule has 0 aromatic carbocycles. The summed E-state index contributed by atoms with van der Waals surface area (Å²) in [6, 6.07) is 0. The summed E-state index contributed by atoms with van der Waals surface area (Å²) < 4.78 is 17.1. The Hall–Kier alpha value is 1.70. The second-order valence-electron chi connectivity index (χ2n) is 0.894. The summed E-state index contributed by atoms with van der Waals surface area (Å²) in [6.45, 7) is 0. The molecule has 0 amide bonds. The van der Waals surface area contributed by atoms with Gasteiger partial charge < -0.3 is 49.4 Å². The molecular formula is H4Cu3O10P2. The van der Waals surface area contributed by atoms with Gasteiger partial charge in [-0.15, -0.1) is 0 Å². The first-order valence-corrected chi connectivity index (χ1v) is 4.38. The molecule has 107 valence electrons. The molecular weight excluding hydrogens is 413 g/mol. The largest absolute Gasteiger partial charge is 2.00 e. The summed E-state index contributed by atoms with van der Waals surface area (Å²) in [7, 11) is -10.8. The zero-order valence-electron chi connectivity index (χ0n) is 6.06. The number of hydrogen-bond donors (Lipinski definition) is 0. The summed E-state index contributed by atoms with van der Waals surface area (Å²) in [4.78, 5) is 51.3. The second kappa shape index (κ2) is 18.1. The maximum Gasteiger partial charge on any atom is 2.00 e. The molecule has 0 rings (SSSR count). The zero-order valence-corrected chi connectivity index (χ0v) is 10.7. The predicted octanol–water partition coefficient (Wildman–Crippen LogP) is -7.31. The Morgan fingerprint density at radius 3 is 0.533 bits per heavy atom. The zero-order chi connectivity index (χ0) is 9.00. The molecule has 10 nitrogen and oxygen atoms in total.